The van der Waals surface area contributed by atoms with Gasteiger partial charge in [0.1, 0.15) is 6.61 Å². The Morgan fingerprint density at radius 1 is 0.905 bits per heavy atom. The summed E-state index contributed by atoms with van der Waals surface area (Å²) in [4.78, 5) is 24.9. The molecule has 0 spiro atoms. The third-order valence-corrected chi connectivity index (χ3v) is 3.38. The molecule has 0 saturated heterocycles. The Hall–Kier alpha value is -2.66. The first-order chi connectivity index (χ1) is 10.1. The van der Waals surface area contributed by atoms with Crippen molar-refractivity contribution in [3.8, 4) is 11.5 Å². The fourth-order valence-corrected chi connectivity index (χ4v) is 2.42. The Labute approximate surface area is 120 Å². The van der Waals surface area contributed by atoms with Crippen LogP contribution in [0.4, 0.5) is 0 Å². The van der Waals surface area contributed by atoms with E-state index < -0.39 is 5.78 Å². The van der Waals surface area contributed by atoms with E-state index in [1.165, 1.54) is 12.1 Å². The number of ether oxygens (including phenoxy) is 1. The molecule has 0 unspecified atom stereocenters. The average Bonchev–Trinajstić information content (AvgIpc) is 2.51. The van der Waals surface area contributed by atoms with Crippen LogP contribution in [0.2, 0.25) is 0 Å². The topological polar surface area (TPSA) is 83.8 Å². The van der Waals surface area contributed by atoms with Crippen LogP contribution in [0.5, 0.6) is 11.5 Å². The van der Waals surface area contributed by atoms with Gasteiger partial charge >= 0.3 is 0 Å². The number of hydrogen-bond acceptors (Lipinski definition) is 5. The van der Waals surface area contributed by atoms with E-state index in [1.807, 2.05) is 0 Å². The Balaban J connectivity index is 2.17. The first kappa shape index (κ1) is 13.3. The maximum atomic E-state index is 12.5. The summed E-state index contributed by atoms with van der Waals surface area (Å²) >= 11 is 0. The number of aromatic hydroxyl groups is 1. The van der Waals surface area contributed by atoms with Crippen LogP contribution in [0.15, 0.2) is 36.4 Å². The Bertz CT molecular complexity index is 748. The van der Waals surface area contributed by atoms with Crippen molar-refractivity contribution in [1.82, 2.24) is 0 Å². The molecule has 0 aromatic heterocycles. The van der Waals surface area contributed by atoms with Crippen LogP contribution in [0.25, 0.3) is 0 Å². The Morgan fingerprint density at radius 3 is 2.24 bits per heavy atom. The van der Waals surface area contributed by atoms with Gasteiger partial charge in [-0.3, -0.25) is 9.59 Å². The Kier molecular flexibility index (Phi) is 3.19. The van der Waals surface area contributed by atoms with Crippen molar-refractivity contribution in [2.45, 2.75) is 0 Å². The highest BCUT2D eigenvalue weighted by Crippen LogP contribution is 2.38. The predicted octanol–water partition coefficient (Wildman–Crippen LogP) is 1.54. The molecule has 0 heterocycles. The Morgan fingerprint density at radius 2 is 1.57 bits per heavy atom. The maximum absolute atomic E-state index is 12.5. The van der Waals surface area contributed by atoms with Crippen molar-refractivity contribution in [3.05, 3.63) is 58.7 Å². The SMILES string of the molecule is O=C1c2ccccc2C(=O)c2c1ccc(OCCO)c2O. The first-order valence-corrected chi connectivity index (χ1v) is 6.43. The smallest absolute Gasteiger partial charge is 0.198 e. The molecule has 5 heteroatoms. The number of carbonyl (C=O) groups is 2. The second kappa shape index (κ2) is 5.03. The van der Waals surface area contributed by atoms with Gasteiger partial charge in [0.2, 0.25) is 0 Å². The summed E-state index contributed by atoms with van der Waals surface area (Å²) in [5.41, 5.74) is 0.713. The molecule has 0 fully saturated rings. The number of benzene rings is 2. The minimum atomic E-state index is -0.410. The lowest BCUT2D eigenvalue weighted by atomic mass is 9.83. The number of hydrogen-bond donors (Lipinski definition) is 2. The third-order valence-electron chi connectivity index (χ3n) is 3.38. The van der Waals surface area contributed by atoms with E-state index in [-0.39, 0.29) is 47.2 Å². The number of fused-ring (bicyclic) bond motifs is 2. The fourth-order valence-electron chi connectivity index (χ4n) is 2.42. The van der Waals surface area contributed by atoms with Crippen LogP contribution >= 0.6 is 0 Å². The van der Waals surface area contributed by atoms with Gasteiger partial charge in [0.05, 0.1) is 12.2 Å². The van der Waals surface area contributed by atoms with Gasteiger partial charge in [-0.1, -0.05) is 24.3 Å². The summed E-state index contributed by atoms with van der Waals surface area (Å²) in [5, 5.41) is 18.9. The summed E-state index contributed by atoms with van der Waals surface area (Å²) in [6.07, 6.45) is 0. The van der Waals surface area contributed by atoms with Crippen molar-refractivity contribution >= 4 is 11.6 Å². The normalized spacial score (nSPS) is 12.8. The standard InChI is InChI=1S/C16H12O5/c17-7-8-21-12-6-5-11-13(16(12)20)15(19)10-4-2-1-3-9(10)14(11)18/h1-6,17,20H,7-8H2. The van der Waals surface area contributed by atoms with E-state index in [4.69, 9.17) is 9.84 Å². The molecule has 1 aliphatic rings. The lowest BCUT2D eigenvalue weighted by Gasteiger charge is -2.19. The summed E-state index contributed by atoms with van der Waals surface area (Å²) in [6.45, 7) is -0.225. The second-order valence-corrected chi connectivity index (χ2v) is 4.61. The van der Waals surface area contributed by atoms with Gasteiger partial charge in [-0.25, -0.2) is 0 Å². The highest BCUT2D eigenvalue weighted by molar-refractivity contribution is 6.29. The lowest BCUT2D eigenvalue weighted by Crippen LogP contribution is -2.21. The summed E-state index contributed by atoms with van der Waals surface area (Å²) in [7, 11) is 0. The van der Waals surface area contributed by atoms with Crippen LogP contribution in [0, 0.1) is 0 Å². The minimum Gasteiger partial charge on any atom is -0.504 e. The van der Waals surface area contributed by atoms with E-state index in [1.54, 1.807) is 24.3 Å². The third kappa shape index (κ3) is 1.98. The molecule has 0 atom stereocenters. The zero-order chi connectivity index (χ0) is 15.0. The van der Waals surface area contributed by atoms with E-state index in [0.717, 1.165) is 0 Å². The molecular formula is C16H12O5. The molecule has 2 aromatic carbocycles. The number of ketones is 2. The molecule has 0 bridgehead atoms. The first-order valence-electron chi connectivity index (χ1n) is 6.43. The number of aliphatic hydroxyl groups excluding tert-OH is 1. The van der Waals surface area contributed by atoms with Crippen molar-refractivity contribution in [2.75, 3.05) is 13.2 Å². The lowest BCUT2D eigenvalue weighted by molar-refractivity contribution is 0.0975. The molecule has 0 saturated carbocycles. The number of rotatable bonds is 3. The van der Waals surface area contributed by atoms with Crippen molar-refractivity contribution < 1.29 is 24.5 Å². The molecule has 1 aliphatic carbocycles. The molecule has 21 heavy (non-hydrogen) atoms. The van der Waals surface area contributed by atoms with Gasteiger partial charge in [-0.2, -0.15) is 0 Å². The molecule has 0 aliphatic heterocycles. The number of carbonyl (C=O) groups excluding carboxylic acids is 2. The van der Waals surface area contributed by atoms with Gasteiger partial charge < -0.3 is 14.9 Å². The molecule has 3 rings (SSSR count). The molecule has 0 amide bonds. The molecule has 2 N–H and O–H groups in total. The number of phenolic OH excluding ortho intramolecular Hbond substituents is 1. The van der Waals surface area contributed by atoms with Crippen molar-refractivity contribution in [2.24, 2.45) is 0 Å². The van der Waals surface area contributed by atoms with Crippen molar-refractivity contribution in [3.63, 3.8) is 0 Å². The molecule has 5 nitrogen and oxygen atoms in total. The van der Waals surface area contributed by atoms with Crippen LogP contribution in [0.1, 0.15) is 31.8 Å². The van der Waals surface area contributed by atoms with E-state index in [9.17, 15) is 14.7 Å². The number of aliphatic hydroxyl groups is 1. The van der Waals surface area contributed by atoms with Crippen LogP contribution in [-0.4, -0.2) is 35.0 Å². The van der Waals surface area contributed by atoms with Gasteiger partial charge in [-0.15, -0.1) is 0 Å². The quantitative estimate of drug-likeness (QED) is 0.762. The van der Waals surface area contributed by atoms with Gasteiger partial charge in [-0.05, 0) is 12.1 Å². The van der Waals surface area contributed by atoms with Gasteiger partial charge in [0.25, 0.3) is 0 Å². The molecular weight excluding hydrogens is 272 g/mol. The fraction of sp³-hybridized carbons (Fsp3) is 0.125. The molecule has 2 aromatic rings. The highest BCUT2D eigenvalue weighted by atomic mass is 16.5. The largest absolute Gasteiger partial charge is 0.504 e. The average molecular weight is 284 g/mol. The molecule has 0 radical (unpaired) electrons. The van der Waals surface area contributed by atoms with Gasteiger partial charge in [0.15, 0.2) is 23.1 Å². The monoisotopic (exact) mass is 284 g/mol. The number of phenols is 1. The maximum Gasteiger partial charge on any atom is 0.198 e. The summed E-state index contributed by atoms with van der Waals surface area (Å²) < 4.78 is 5.16. The zero-order valence-electron chi connectivity index (χ0n) is 11.0. The van der Waals surface area contributed by atoms with E-state index >= 15 is 0 Å². The second-order valence-electron chi connectivity index (χ2n) is 4.61. The van der Waals surface area contributed by atoms with Crippen LogP contribution < -0.4 is 4.74 Å². The van der Waals surface area contributed by atoms with Crippen molar-refractivity contribution in [1.29, 1.82) is 0 Å². The van der Waals surface area contributed by atoms with E-state index in [2.05, 4.69) is 0 Å². The predicted molar refractivity (Wildman–Crippen MR) is 74.0 cm³/mol. The highest BCUT2D eigenvalue weighted by Gasteiger charge is 2.32. The van der Waals surface area contributed by atoms with Crippen LogP contribution in [-0.2, 0) is 0 Å². The summed E-state index contributed by atoms with van der Waals surface area (Å²) in [5.74, 6) is -1.01. The van der Waals surface area contributed by atoms with Crippen LogP contribution in [0.3, 0.4) is 0 Å². The van der Waals surface area contributed by atoms with E-state index in [0.29, 0.717) is 5.56 Å². The van der Waals surface area contributed by atoms with Gasteiger partial charge in [0, 0.05) is 16.7 Å². The zero-order valence-corrected chi connectivity index (χ0v) is 11.0. The minimum absolute atomic E-state index is 0.00886. The summed E-state index contributed by atoms with van der Waals surface area (Å²) in [6, 6.07) is 9.37. The molecule has 106 valence electrons.